The van der Waals surface area contributed by atoms with E-state index in [4.69, 9.17) is 0 Å². The summed E-state index contributed by atoms with van der Waals surface area (Å²) >= 11 is 0. The quantitative estimate of drug-likeness (QED) is 0.548. The molecule has 0 aromatic rings. The van der Waals surface area contributed by atoms with Gasteiger partial charge in [0, 0.05) is 5.41 Å². The highest BCUT2D eigenvalue weighted by Gasteiger charge is 2.02. The van der Waals surface area contributed by atoms with Gasteiger partial charge in [0.2, 0.25) is 0 Å². The predicted molar refractivity (Wildman–Crippen MR) is 50.4 cm³/mol. The van der Waals surface area contributed by atoms with Crippen LogP contribution in [0.1, 0.15) is 27.7 Å². The van der Waals surface area contributed by atoms with Gasteiger partial charge in [-0.1, -0.05) is 18.8 Å². The van der Waals surface area contributed by atoms with E-state index in [1.807, 2.05) is 0 Å². The van der Waals surface area contributed by atoms with Crippen LogP contribution in [0.2, 0.25) is 0 Å². The fourth-order valence-corrected chi connectivity index (χ4v) is 0.551. The first-order valence-electron chi connectivity index (χ1n) is 4.14. The van der Waals surface area contributed by atoms with Crippen molar-refractivity contribution in [2.45, 2.75) is 27.7 Å². The van der Waals surface area contributed by atoms with Gasteiger partial charge in [-0.05, 0) is 34.4 Å². The van der Waals surface area contributed by atoms with Gasteiger partial charge in [0.1, 0.15) is 0 Å². The summed E-state index contributed by atoms with van der Waals surface area (Å²) in [6.45, 7) is 10.5. The molecular formula is C10H19N. The molecule has 64 valence electrons. The van der Waals surface area contributed by atoms with Crippen LogP contribution in [-0.2, 0) is 0 Å². The zero-order chi connectivity index (χ0) is 8.91. The van der Waals surface area contributed by atoms with E-state index in [0.717, 1.165) is 13.1 Å². The molecule has 0 aromatic carbocycles. The molecule has 0 fully saturated rings. The number of nitrogens with zero attached hydrogens (tertiary/aromatic N) is 1. The van der Waals surface area contributed by atoms with E-state index in [1.165, 1.54) is 0 Å². The van der Waals surface area contributed by atoms with E-state index in [2.05, 4.69) is 51.5 Å². The first-order chi connectivity index (χ1) is 4.95. The highest BCUT2D eigenvalue weighted by molar-refractivity contribution is 5.08. The van der Waals surface area contributed by atoms with E-state index in [-0.39, 0.29) is 5.41 Å². The lowest BCUT2D eigenvalue weighted by molar-refractivity contribution is 0.397. The summed E-state index contributed by atoms with van der Waals surface area (Å²) in [6.07, 6.45) is 0. The maximum absolute atomic E-state index is 3.20. The Balaban J connectivity index is 3.73. The van der Waals surface area contributed by atoms with Crippen molar-refractivity contribution in [3.8, 4) is 11.8 Å². The highest BCUT2D eigenvalue weighted by Crippen LogP contribution is 2.09. The van der Waals surface area contributed by atoms with Crippen LogP contribution < -0.4 is 0 Å². The van der Waals surface area contributed by atoms with Gasteiger partial charge in [-0.2, -0.15) is 0 Å². The topological polar surface area (TPSA) is 3.24 Å². The molecule has 0 heterocycles. The minimum atomic E-state index is 0.147. The third-order valence-corrected chi connectivity index (χ3v) is 1.35. The molecule has 1 nitrogen and oxygen atoms in total. The molecule has 0 spiro atoms. The third-order valence-electron chi connectivity index (χ3n) is 1.35. The predicted octanol–water partition coefficient (Wildman–Crippen LogP) is 1.99. The van der Waals surface area contributed by atoms with Gasteiger partial charge in [0.05, 0.1) is 6.54 Å². The maximum Gasteiger partial charge on any atom is 0.0599 e. The molecule has 0 aromatic heterocycles. The molecule has 0 aliphatic rings. The van der Waals surface area contributed by atoms with Crippen molar-refractivity contribution in [3.05, 3.63) is 0 Å². The lowest BCUT2D eigenvalue weighted by Gasteiger charge is -2.10. The largest absolute Gasteiger partial charge is 0.296 e. The summed E-state index contributed by atoms with van der Waals surface area (Å²) in [7, 11) is 2.08. The van der Waals surface area contributed by atoms with Gasteiger partial charge in [-0.3, -0.25) is 4.90 Å². The smallest absolute Gasteiger partial charge is 0.0599 e. The van der Waals surface area contributed by atoms with Crippen molar-refractivity contribution in [2.75, 3.05) is 20.1 Å². The maximum atomic E-state index is 3.20. The molecule has 0 amide bonds. The fourth-order valence-electron chi connectivity index (χ4n) is 0.551. The number of hydrogen-bond donors (Lipinski definition) is 0. The standard InChI is InChI=1S/C10H19N/c1-6-11(5)9-7-8-10(2,3)4/h6,9H2,1-5H3. The molecule has 0 bridgehead atoms. The van der Waals surface area contributed by atoms with E-state index >= 15 is 0 Å². The summed E-state index contributed by atoms with van der Waals surface area (Å²) in [5.74, 6) is 6.35. The van der Waals surface area contributed by atoms with Crippen LogP contribution in [0, 0.1) is 17.3 Å². The first kappa shape index (κ1) is 10.5. The summed E-state index contributed by atoms with van der Waals surface area (Å²) in [5, 5.41) is 0. The van der Waals surface area contributed by atoms with Gasteiger partial charge in [-0.15, -0.1) is 0 Å². The SMILES string of the molecule is CCN(C)CC#CC(C)(C)C. The molecular weight excluding hydrogens is 134 g/mol. The molecule has 0 saturated carbocycles. The van der Waals surface area contributed by atoms with E-state index in [1.54, 1.807) is 0 Å². The van der Waals surface area contributed by atoms with Crippen molar-refractivity contribution in [1.82, 2.24) is 4.90 Å². The second kappa shape index (κ2) is 4.41. The molecule has 0 unspecified atom stereocenters. The molecule has 0 rings (SSSR count). The van der Waals surface area contributed by atoms with Gasteiger partial charge >= 0.3 is 0 Å². The van der Waals surface area contributed by atoms with Crippen molar-refractivity contribution < 1.29 is 0 Å². The Labute approximate surface area is 70.8 Å². The van der Waals surface area contributed by atoms with E-state index in [0.29, 0.717) is 0 Å². The molecule has 1 heteroatoms. The van der Waals surface area contributed by atoms with Crippen LogP contribution >= 0.6 is 0 Å². The minimum Gasteiger partial charge on any atom is -0.296 e. The van der Waals surface area contributed by atoms with Gasteiger partial charge in [-0.25, -0.2) is 0 Å². The molecule has 0 N–H and O–H groups in total. The van der Waals surface area contributed by atoms with Crippen molar-refractivity contribution >= 4 is 0 Å². The number of rotatable bonds is 2. The second-order valence-corrected chi connectivity index (χ2v) is 3.88. The zero-order valence-corrected chi connectivity index (χ0v) is 8.36. The normalized spacial score (nSPS) is 11.1. The molecule has 0 radical (unpaired) electrons. The average Bonchev–Trinajstić information content (AvgIpc) is 1.85. The molecule has 0 saturated heterocycles. The Hall–Kier alpha value is -0.480. The Morgan fingerprint density at radius 3 is 2.18 bits per heavy atom. The summed E-state index contributed by atoms with van der Waals surface area (Å²) in [6, 6.07) is 0. The van der Waals surface area contributed by atoms with Gasteiger partial charge < -0.3 is 0 Å². The fraction of sp³-hybridized carbons (Fsp3) is 0.800. The Morgan fingerprint density at radius 2 is 1.82 bits per heavy atom. The van der Waals surface area contributed by atoms with Crippen LogP contribution in [-0.4, -0.2) is 25.0 Å². The van der Waals surface area contributed by atoms with Crippen molar-refractivity contribution in [3.63, 3.8) is 0 Å². The van der Waals surface area contributed by atoms with E-state index < -0.39 is 0 Å². The highest BCUT2D eigenvalue weighted by atomic mass is 15.1. The van der Waals surface area contributed by atoms with Crippen molar-refractivity contribution in [2.24, 2.45) is 5.41 Å². The summed E-state index contributed by atoms with van der Waals surface area (Å²) in [4.78, 5) is 2.19. The van der Waals surface area contributed by atoms with E-state index in [9.17, 15) is 0 Å². The lowest BCUT2D eigenvalue weighted by Crippen LogP contribution is -2.17. The van der Waals surface area contributed by atoms with Crippen LogP contribution in [0.15, 0.2) is 0 Å². The number of hydrogen-bond acceptors (Lipinski definition) is 1. The zero-order valence-electron chi connectivity index (χ0n) is 8.36. The summed E-state index contributed by atoms with van der Waals surface area (Å²) in [5.41, 5.74) is 0.147. The monoisotopic (exact) mass is 153 g/mol. The van der Waals surface area contributed by atoms with Crippen LogP contribution in [0.3, 0.4) is 0 Å². The van der Waals surface area contributed by atoms with Crippen LogP contribution in [0.4, 0.5) is 0 Å². The second-order valence-electron chi connectivity index (χ2n) is 3.88. The van der Waals surface area contributed by atoms with Gasteiger partial charge in [0.25, 0.3) is 0 Å². The molecule has 0 atom stereocenters. The molecule has 0 aliphatic carbocycles. The Kier molecular flexibility index (Phi) is 4.22. The van der Waals surface area contributed by atoms with Crippen molar-refractivity contribution in [1.29, 1.82) is 0 Å². The van der Waals surface area contributed by atoms with Gasteiger partial charge in [0.15, 0.2) is 0 Å². The average molecular weight is 153 g/mol. The minimum absolute atomic E-state index is 0.147. The first-order valence-corrected chi connectivity index (χ1v) is 4.14. The Bertz CT molecular complexity index is 154. The lowest BCUT2D eigenvalue weighted by atomic mass is 9.98. The molecule has 0 aliphatic heterocycles. The summed E-state index contributed by atoms with van der Waals surface area (Å²) < 4.78 is 0. The van der Waals surface area contributed by atoms with Crippen LogP contribution in [0.25, 0.3) is 0 Å². The third kappa shape index (κ3) is 7.42. The Morgan fingerprint density at radius 1 is 1.27 bits per heavy atom. The molecule has 11 heavy (non-hydrogen) atoms. The van der Waals surface area contributed by atoms with Crippen LogP contribution in [0.5, 0.6) is 0 Å².